The van der Waals surface area contributed by atoms with Gasteiger partial charge in [-0.3, -0.25) is 9.36 Å². The first-order chi connectivity index (χ1) is 14.3. The van der Waals surface area contributed by atoms with Crippen LogP contribution in [0.3, 0.4) is 0 Å². The second-order valence-electron chi connectivity index (χ2n) is 7.63. The van der Waals surface area contributed by atoms with Crippen LogP contribution in [0.25, 0.3) is 16.7 Å². The van der Waals surface area contributed by atoms with Crippen molar-refractivity contribution in [2.45, 2.75) is 18.8 Å². The smallest absolute Gasteiger partial charge is 0.253 e. The summed E-state index contributed by atoms with van der Waals surface area (Å²) in [6.07, 6.45) is 3.87. The van der Waals surface area contributed by atoms with Gasteiger partial charge in [0.25, 0.3) is 5.91 Å². The molecule has 29 heavy (non-hydrogen) atoms. The number of nitrogens with zero attached hydrogens (tertiary/aromatic N) is 3. The van der Waals surface area contributed by atoms with Gasteiger partial charge in [-0.1, -0.05) is 42.5 Å². The molecule has 0 radical (unpaired) electrons. The van der Waals surface area contributed by atoms with Crippen molar-refractivity contribution in [2.75, 3.05) is 13.1 Å². The number of piperidine rings is 1. The van der Waals surface area contributed by atoms with Gasteiger partial charge >= 0.3 is 0 Å². The highest BCUT2D eigenvalue weighted by atomic mass is 16.2. The lowest BCUT2D eigenvalue weighted by Gasteiger charge is -2.32. The third kappa shape index (κ3) is 3.42. The fraction of sp³-hybridized carbons (Fsp3) is 0.200. The van der Waals surface area contributed by atoms with Crippen LogP contribution >= 0.6 is 0 Å². The van der Waals surface area contributed by atoms with Gasteiger partial charge in [0.2, 0.25) is 0 Å². The van der Waals surface area contributed by atoms with E-state index in [0.29, 0.717) is 5.92 Å². The SMILES string of the molecule is O=C(c1ccc(-n2cnc3ccccc32)cc1)N1CCC(c2ccccc2)CC1. The van der Waals surface area contributed by atoms with Crippen LogP contribution in [0.5, 0.6) is 0 Å². The van der Waals surface area contributed by atoms with E-state index in [1.165, 1.54) is 5.56 Å². The van der Waals surface area contributed by atoms with Crippen LogP contribution in [0, 0.1) is 0 Å². The van der Waals surface area contributed by atoms with Gasteiger partial charge in [-0.25, -0.2) is 4.98 Å². The molecule has 1 aliphatic heterocycles. The minimum Gasteiger partial charge on any atom is -0.339 e. The Morgan fingerprint density at radius 2 is 1.52 bits per heavy atom. The van der Waals surface area contributed by atoms with E-state index in [1.807, 2.05) is 53.7 Å². The van der Waals surface area contributed by atoms with Crippen molar-refractivity contribution < 1.29 is 4.79 Å². The molecule has 1 saturated heterocycles. The van der Waals surface area contributed by atoms with Crippen LogP contribution in [-0.4, -0.2) is 33.4 Å². The van der Waals surface area contributed by atoms with E-state index in [4.69, 9.17) is 0 Å². The van der Waals surface area contributed by atoms with Gasteiger partial charge in [-0.05, 0) is 60.7 Å². The molecule has 4 aromatic rings. The molecule has 4 nitrogen and oxygen atoms in total. The van der Waals surface area contributed by atoms with Gasteiger partial charge < -0.3 is 4.90 Å². The Bertz CT molecular complexity index is 1120. The lowest BCUT2D eigenvalue weighted by Crippen LogP contribution is -2.37. The van der Waals surface area contributed by atoms with Crippen LogP contribution in [0.15, 0.2) is 85.2 Å². The summed E-state index contributed by atoms with van der Waals surface area (Å²) in [5.74, 6) is 0.677. The summed E-state index contributed by atoms with van der Waals surface area (Å²) in [6, 6.07) is 26.5. The molecule has 1 aromatic heterocycles. The molecule has 0 N–H and O–H groups in total. The van der Waals surface area contributed by atoms with Crippen molar-refractivity contribution in [1.82, 2.24) is 14.5 Å². The molecule has 0 atom stereocenters. The fourth-order valence-corrected chi connectivity index (χ4v) is 4.25. The van der Waals surface area contributed by atoms with E-state index < -0.39 is 0 Å². The molecular weight excluding hydrogens is 358 g/mol. The van der Waals surface area contributed by atoms with Gasteiger partial charge in [0.15, 0.2) is 0 Å². The first-order valence-corrected chi connectivity index (χ1v) is 10.2. The number of carbonyl (C=O) groups excluding carboxylic acids is 1. The average Bonchev–Trinajstić information content (AvgIpc) is 3.24. The van der Waals surface area contributed by atoms with E-state index >= 15 is 0 Å². The molecule has 2 heterocycles. The maximum atomic E-state index is 13.0. The highest BCUT2D eigenvalue weighted by Crippen LogP contribution is 2.28. The van der Waals surface area contributed by atoms with Gasteiger partial charge in [0, 0.05) is 24.3 Å². The van der Waals surface area contributed by atoms with E-state index in [9.17, 15) is 4.79 Å². The summed E-state index contributed by atoms with van der Waals surface area (Å²) in [5.41, 5.74) is 5.18. The predicted octanol–water partition coefficient (Wildman–Crippen LogP) is 5.05. The molecule has 3 aromatic carbocycles. The summed E-state index contributed by atoms with van der Waals surface area (Å²) < 4.78 is 2.05. The van der Waals surface area contributed by atoms with E-state index in [2.05, 4.69) is 45.9 Å². The number of amides is 1. The van der Waals surface area contributed by atoms with Crippen LogP contribution in [-0.2, 0) is 0 Å². The second kappa shape index (κ2) is 7.55. The largest absolute Gasteiger partial charge is 0.339 e. The number of carbonyl (C=O) groups is 1. The molecule has 0 spiro atoms. The van der Waals surface area contributed by atoms with Crippen LogP contribution in [0.2, 0.25) is 0 Å². The Hall–Kier alpha value is -3.40. The number of hydrogen-bond acceptors (Lipinski definition) is 2. The Labute approximate surface area is 170 Å². The van der Waals surface area contributed by atoms with Crippen molar-refractivity contribution >= 4 is 16.9 Å². The molecule has 4 heteroatoms. The molecule has 1 aliphatic rings. The number of para-hydroxylation sites is 2. The number of aromatic nitrogens is 2. The number of hydrogen-bond donors (Lipinski definition) is 0. The van der Waals surface area contributed by atoms with E-state index in [-0.39, 0.29) is 5.91 Å². The molecule has 5 rings (SSSR count). The Balaban J connectivity index is 1.29. The molecular formula is C25H23N3O. The topological polar surface area (TPSA) is 38.1 Å². The van der Waals surface area contributed by atoms with Crippen LogP contribution < -0.4 is 0 Å². The van der Waals surface area contributed by atoms with Gasteiger partial charge in [-0.15, -0.1) is 0 Å². The fourth-order valence-electron chi connectivity index (χ4n) is 4.25. The monoisotopic (exact) mass is 381 g/mol. The molecule has 0 unspecified atom stereocenters. The van der Waals surface area contributed by atoms with E-state index in [1.54, 1.807) is 0 Å². The van der Waals surface area contributed by atoms with Crippen molar-refractivity contribution in [1.29, 1.82) is 0 Å². The maximum absolute atomic E-state index is 13.0. The first kappa shape index (κ1) is 17.7. The molecule has 0 saturated carbocycles. The Morgan fingerprint density at radius 3 is 2.28 bits per heavy atom. The van der Waals surface area contributed by atoms with Crippen molar-refractivity contribution in [2.24, 2.45) is 0 Å². The molecule has 1 amide bonds. The molecule has 144 valence electrons. The minimum absolute atomic E-state index is 0.124. The number of likely N-dealkylation sites (tertiary alicyclic amines) is 1. The highest BCUT2D eigenvalue weighted by molar-refractivity contribution is 5.94. The first-order valence-electron chi connectivity index (χ1n) is 10.2. The average molecular weight is 381 g/mol. The third-order valence-electron chi connectivity index (χ3n) is 5.90. The summed E-state index contributed by atoms with van der Waals surface area (Å²) in [5, 5.41) is 0. The van der Waals surface area contributed by atoms with Crippen molar-refractivity contribution in [3.8, 4) is 5.69 Å². The highest BCUT2D eigenvalue weighted by Gasteiger charge is 2.24. The maximum Gasteiger partial charge on any atom is 0.253 e. The number of rotatable bonds is 3. The lowest BCUT2D eigenvalue weighted by atomic mass is 9.89. The van der Waals surface area contributed by atoms with Gasteiger partial charge in [0.1, 0.15) is 6.33 Å². The summed E-state index contributed by atoms with van der Waals surface area (Å²) in [7, 11) is 0. The number of benzene rings is 3. The zero-order valence-corrected chi connectivity index (χ0v) is 16.2. The quantitative estimate of drug-likeness (QED) is 0.498. The summed E-state index contributed by atoms with van der Waals surface area (Å²) >= 11 is 0. The Morgan fingerprint density at radius 1 is 0.828 bits per heavy atom. The van der Waals surface area contributed by atoms with Crippen molar-refractivity contribution in [3.63, 3.8) is 0 Å². The van der Waals surface area contributed by atoms with Gasteiger partial charge in [0.05, 0.1) is 11.0 Å². The summed E-state index contributed by atoms with van der Waals surface area (Å²) in [6.45, 7) is 1.62. The normalized spacial score (nSPS) is 15.0. The molecule has 0 bridgehead atoms. The van der Waals surface area contributed by atoms with Crippen molar-refractivity contribution in [3.05, 3.63) is 96.3 Å². The molecule has 1 fully saturated rings. The Kier molecular flexibility index (Phi) is 4.60. The third-order valence-corrected chi connectivity index (χ3v) is 5.90. The van der Waals surface area contributed by atoms with Crippen LogP contribution in [0.4, 0.5) is 0 Å². The number of fused-ring (bicyclic) bond motifs is 1. The van der Waals surface area contributed by atoms with E-state index in [0.717, 1.165) is 48.2 Å². The predicted molar refractivity (Wildman–Crippen MR) is 115 cm³/mol. The minimum atomic E-state index is 0.124. The van der Waals surface area contributed by atoms with Crippen LogP contribution in [0.1, 0.15) is 34.7 Å². The van der Waals surface area contributed by atoms with Gasteiger partial charge in [-0.2, -0.15) is 0 Å². The summed E-state index contributed by atoms with van der Waals surface area (Å²) in [4.78, 5) is 19.4. The molecule has 0 aliphatic carbocycles. The number of imidazole rings is 1. The standard InChI is InChI=1S/C25H23N3O/c29-25(27-16-14-20(15-17-27)19-6-2-1-3-7-19)21-10-12-22(13-11-21)28-18-26-23-8-4-5-9-24(23)28/h1-13,18,20H,14-17H2. The second-order valence-corrected chi connectivity index (χ2v) is 7.63. The lowest BCUT2D eigenvalue weighted by molar-refractivity contribution is 0.0713. The zero-order valence-electron chi connectivity index (χ0n) is 16.2. The zero-order chi connectivity index (χ0) is 19.6.